The minimum absolute atomic E-state index is 0.0649. The number of nitrogens with two attached hydrogens (primary N) is 1. The molecule has 1 aromatic carbocycles. The highest BCUT2D eigenvalue weighted by Crippen LogP contribution is 2.35. The van der Waals surface area contributed by atoms with E-state index in [1.165, 1.54) is 17.4 Å². The fourth-order valence-corrected chi connectivity index (χ4v) is 3.61. The van der Waals surface area contributed by atoms with Gasteiger partial charge in [0.25, 0.3) is 5.91 Å². The first-order chi connectivity index (χ1) is 10.2. The molecule has 1 saturated heterocycles. The predicted molar refractivity (Wildman–Crippen MR) is 82.1 cm³/mol. The van der Waals surface area contributed by atoms with Gasteiger partial charge >= 0.3 is 0 Å². The van der Waals surface area contributed by atoms with Gasteiger partial charge in [-0.1, -0.05) is 6.07 Å². The number of carbonyl (C=O) groups excluding carboxylic acids is 1. The number of ether oxygens (including phenoxy) is 1. The molecule has 4 nitrogen and oxygen atoms in total. The number of hydrogen-bond acceptors (Lipinski definition) is 4. The number of anilines is 1. The molecule has 1 aromatic heterocycles. The fourth-order valence-electron chi connectivity index (χ4n) is 2.55. The van der Waals surface area contributed by atoms with Crippen LogP contribution in [0.15, 0.2) is 18.2 Å². The van der Waals surface area contributed by atoms with Crippen molar-refractivity contribution >= 4 is 33.0 Å². The second-order valence-corrected chi connectivity index (χ2v) is 6.21. The molecule has 0 bridgehead atoms. The van der Waals surface area contributed by atoms with Crippen LogP contribution in [-0.4, -0.2) is 25.2 Å². The van der Waals surface area contributed by atoms with Crippen LogP contribution in [-0.2, 0) is 4.74 Å². The van der Waals surface area contributed by atoms with E-state index in [-0.39, 0.29) is 17.7 Å². The molecule has 1 unspecified atom stereocenters. The van der Waals surface area contributed by atoms with E-state index in [9.17, 15) is 9.18 Å². The Morgan fingerprint density at radius 1 is 1.48 bits per heavy atom. The average molecular weight is 308 g/mol. The Kier molecular flexibility index (Phi) is 4.07. The van der Waals surface area contributed by atoms with E-state index in [2.05, 4.69) is 5.32 Å². The van der Waals surface area contributed by atoms with Gasteiger partial charge in [0.05, 0.1) is 17.2 Å². The highest BCUT2D eigenvalue weighted by molar-refractivity contribution is 7.21. The third-order valence-corrected chi connectivity index (χ3v) is 4.84. The highest BCUT2D eigenvalue weighted by Gasteiger charge is 2.20. The Balaban J connectivity index is 1.75. The first-order valence-electron chi connectivity index (χ1n) is 7.03. The van der Waals surface area contributed by atoms with Gasteiger partial charge in [-0.05, 0) is 31.4 Å². The summed E-state index contributed by atoms with van der Waals surface area (Å²) in [5, 5.41) is 3.17. The number of benzene rings is 1. The van der Waals surface area contributed by atoms with E-state index >= 15 is 0 Å². The lowest BCUT2D eigenvalue weighted by Crippen LogP contribution is -2.35. The van der Waals surface area contributed by atoms with Crippen LogP contribution in [0.3, 0.4) is 0 Å². The maximum absolute atomic E-state index is 13.8. The van der Waals surface area contributed by atoms with Crippen molar-refractivity contribution in [1.29, 1.82) is 0 Å². The van der Waals surface area contributed by atoms with E-state index < -0.39 is 5.82 Å². The zero-order valence-electron chi connectivity index (χ0n) is 11.5. The zero-order chi connectivity index (χ0) is 14.8. The molecule has 21 heavy (non-hydrogen) atoms. The topological polar surface area (TPSA) is 64.4 Å². The predicted octanol–water partition coefficient (Wildman–Crippen LogP) is 2.92. The van der Waals surface area contributed by atoms with Crippen molar-refractivity contribution in [3.05, 3.63) is 28.9 Å². The Hall–Kier alpha value is -1.66. The quantitative estimate of drug-likeness (QED) is 0.916. The molecule has 1 aliphatic rings. The number of fused-ring (bicyclic) bond motifs is 1. The zero-order valence-corrected chi connectivity index (χ0v) is 12.3. The summed E-state index contributed by atoms with van der Waals surface area (Å²) in [6, 6.07) is 4.73. The van der Waals surface area contributed by atoms with Crippen LogP contribution in [0.25, 0.3) is 10.1 Å². The van der Waals surface area contributed by atoms with Crippen molar-refractivity contribution < 1.29 is 13.9 Å². The molecule has 3 N–H and O–H groups in total. The smallest absolute Gasteiger partial charge is 0.263 e. The molecule has 0 aliphatic carbocycles. The molecule has 0 saturated carbocycles. The van der Waals surface area contributed by atoms with Crippen molar-refractivity contribution in [2.24, 2.45) is 0 Å². The minimum atomic E-state index is -0.393. The first kappa shape index (κ1) is 14.3. The molecule has 1 atom stereocenters. The van der Waals surface area contributed by atoms with E-state index in [1.807, 2.05) is 0 Å². The van der Waals surface area contributed by atoms with Gasteiger partial charge in [0.1, 0.15) is 10.7 Å². The summed E-state index contributed by atoms with van der Waals surface area (Å²) in [4.78, 5) is 12.6. The van der Waals surface area contributed by atoms with Gasteiger partial charge < -0.3 is 15.8 Å². The minimum Gasteiger partial charge on any atom is -0.397 e. The summed E-state index contributed by atoms with van der Waals surface area (Å²) in [6.07, 6.45) is 3.22. The second-order valence-electron chi connectivity index (χ2n) is 5.16. The summed E-state index contributed by atoms with van der Waals surface area (Å²) in [5.41, 5.74) is 6.15. The van der Waals surface area contributed by atoms with Crippen LogP contribution < -0.4 is 11.1 Å². The summed E-state index contributed by atoms with van der Waals surface area (Å²) in [6.45, 7) is 1.21. The molecule has 2 heterocycles. The lowest BCUT2D eigenvalue weighted by Gasteiger charge is -2.22. The van der Waals surface area contributed by atoms with Gasteiger partial charge in [-0.3, -0.25) is 4.79 Å². The number of hydrogen-bond donors (Lipinski definition) is 2. The van der Waals surface area contributed by atoms with Crippen molar-refractivity contribution in [2.75, 3.05) is 18.9 Å². The molecule has 0 spiro atoms. The molecular weight excluding hydrogens is 291 g/mol. The number of nitrogen functional groups attached to an aromatic ring is 1. The van der Waals surface area contributed by atoms with Gasteiger partial charge in [-0.2, -0.15) is 0 Å². The van der Waals surface area contributed by atoms with E-state index in [4.69, 9.17) is 10.5 Å². The standard InChI is InChI=1S/C15H17FN2O2S/c16-10-5-3-6-11-12(10)13(17)14(21-11)15(19)18-8-9-4-1-2-7-20-9/h3,5-6,9H,1-2,4,7-8,17H2,(H,18,19). The molecule has 3 rings (SSSR count). The Morgan fingerprint density at radius 2 is 2.33 bits per heavy atom. The van der Waals surface area contributed by atoms with Crippen LogP contribution in [0.4, 0.5) is 10.1 Å². The van der Waals surface area contributed by atoms with Gasteiger partial charge in [0.2, 0.25) is 0 Å². The Bertz CT molecular complexity index is 665. The molecule has 1 aliphatic heterocycles. The number of carbonyl (C=O) groups is 1. The average Bonchev–Trinajstić information content (AvgIpc) is 2.84. The maximum atomic E-state index is 13.8. The van der Waals surface area contributed by atoms with Crippen molar-refractivity contribution in [1.82, 2.24) is 5.32 Å². The normalized spacial score (nSPS) is 18.8. The first-order valence-corrected chi connectivity index (χ1v) is 7.84. The largest absolute Gasteiger partial charge is 0.397 e. The van der Waals surface area contributed by atoms with Gasteiger partial charge in [-0.15, -0.1) is 11.3 Å². The Morgan fingerprint density at radius 3 is 3.05 bits per heavy atom. The van der Waals surface area contributed by atoms with Crippen molar-refractivity contribution in [3.63, 3.8) is 0 Å². The van der Waals surface area contributed by atoms with Crippen LogP contribution in [0.1, 0.15) is 28.9 Å². The molecule has 2 aromatic rings. The fraction of sp³-hybridized carbons (Fsp3) is 0.400. The van der Waals surface area contributed by atoms with Crippen LogP contribution in [0.2, 0.25) is 0 Å². The van der Waals surface area contributed by atoms with E-state index in [1.54, 1.807) is 12.1 Å². The third kappa shape index (κ3) is 2.87. The number of thiophene rings is 1. The van der Waals surface area contributed by atoms with Crippen molar-refractivity contribution in [2.45, 2.75) is 25.4 Å². The number of halogens is 1. The monoisotopic (exact) mass is 308 g/mol. The Labute approximate surface area is 126 Å². The van der Waals surface area contributed by atoms with E-state index in [0.29, 0.717) is 21.5 Å². The molecule has 1 fully saturated rings. The highest BCUT2D eigenvalue weighted by atomic mass is 32.1. The molecule has 112 valence electrons. The van der Waals surface area contributed by atoms with Gasteiger partial charge in [-0.25, -0.2) is 4.39 Å². The SMILES string of the molecule is Nc1c(C(=O)NCC2CCCCO2)sc2cccc(F)c12. The summed E-state index contributed by atoms with van der Waals surface area (Å²) in [7, 11) is 0. The van der Waals surface area contributed by atoms with Crippen LogP contribution >= 0.6 is 11.3 Å². The summed E-state index contributed by atoms with van der Waals surface area (Å²) >= 11 is 1.21. The van der Waals surface area contributed by atoms with Crippen LogP contribution in [0.5, 0.6) is 0 Å². The molecule has 6 heteroatoms. The summed E-state index contributed by atoms with van der Waals surface area (Å²) in [5.74, 6) is -0.654. The maximum Gasteiger partial charge on any atom is 0.263 e. The van der Waals surface area contributed by atoms with E-state index in [0.717, 1.165) is 25.9 Å². The number of amides is 1. The second kappa shape index (κ2) is 5.99. The van der Waals surface area contributed by atoms with Gasteiger partial charge in [0.15, 0.2) is 0 Å². The van der Waals surface area contributed by atoms with Gasteiger partial charge in [0, 0.05) is 17.9 Å². The third-order valence-electron chi connectivity index (χ3n) is 3.67. The number of nitrogens with one attached hydrogen (secondary N) is 1. The van der Waals surface area contributed by atoms with Crippen molar-refractivity contribution in [3.8, 4) is 0 Å². The number of rotatable bonds is 3. The lowest BCUT2D eigenvalue weighted by atomic mass is 10.1. The lowest BCUT2D eigenvalue weighted by molar-refractivity contribution is 0.0169. The van der Waals surface area contributed by atoms with Crippen LogP contribution in [0, 0.1) is 5.82 Å². The summed E-state index contributed by atoms with van der Waals surface area (Å²) < 4.78 is 20.0. The molecule has 1 amide bonds. The molecular formula is C15H17FN2O2S. The molecule has 0 radical (unpaired) electrons.